The Kier molecular flexibility index (Phi) is 4.42. The first kappa shape index (κ1) is 14.6. The van der Waals surface area contributed by atoms with Gasteiger partial charge < -0.3 is 14.5 Å². The number of fused-ring (bicyclic) bond motifs is 1. The molecule has 1 aromatic rings. The number of carbonyl (C=O) groups excluding carboxylic acids is 1. The van der Waals surface area contributed by atoms with Crippen LogP contribution in [-0.4, -0.2) is 39.6 Å². The van der Waals surface area contributed by atoms with E-state index in [1.165, 1.54) is 4.90 Å². The predicted octanol–water partition coefficient (Wildman–Crippen LogP) is 1.88. The molecule has 0 unspecified atom stereocenters. The lowest BCUT2D eigenvalue weighted by Crippen LogP contribution is -2.42. The van der Waals surface area contributed by atoms with Crippen LogP contribution in [0.25, 0.3) is 0 Å². The van der Waals surface area contributed by atoms with Gasteiger partial charge in [-0.15, -0.1) is 0 Å². The molecule has 6 heteroatoms. The zero-order chi connectivity index (χ0) is 14.7. The number of carboxylic acids is 1. The van der Waals surface area contributed by atoms with Crippen molar-refractivity contribution >= 4 is 11.9 Å². The zero-order valence-corrected chi connectivity index (χ0v) is 11.9. The third-order valence-corrected chi connectivity index (χ3v) is 3.84. The van der Waals surface area contributed by atoms with Crippen LogP contribution in [0.4, 0.5) is 0 Å². The molecule has 0 aliphatic heterocycles. The monoisotopic (exact) mass is 280 g/mol. The van der Waals surface area contributed by atoms with Crippen LogP contribution in [0.15, 0.2) is 4.52 Å². The molecule has 0 aromatic carbocycles. The number of hydrogen-bond acceptors (Lipinski definition) is 4. The lowest BCUT2D eigenvalue weighted by molar-refractivity contribution is -0.138. The van der Waals surface area contributed by atoms with Gasteiger partial charge in [-0.05, 0) is 32.6 Å². The first-order chi connectivity index (χ1) is 9.54. The Bertz CT molecular complexity index is 509. The number of carboxylic acid groups (broad SMARTS) is 1. The molecule has 0 radical (unpaired) electrons. The number of aryl methyl sites for hydroxylation is 1. The Balaban J connectivity index is 2.27. The fourth-order valence-electron chi connectivity index (χ4n) is 2.48. The molecule has 2 rings (SSSR count). The summed E-state index contributed by atoms with van der Waals surface area (Å²) < 4.78 is 5.23. The van der Waals surface area contributed by atoms with Crippen LogP contribution in [0.3, 0.4) is 0 Å². The average molecular weight is 280 g/mol. The van der Waals surface area contributed by atoms with Crippen LogP contribution in [0.2, 0.25) is 0 Å². The van der Waals surface area contributed by atoms with Gasteiger partial charge in [0.2, 0.25) is 0 Å². The Morgan fingerprint density at radius 2 is 2.10 bits per heavy atom. The van der Waals surface area contributed by atoms with Gasteiger partial charge >= 0.3 is 5.97 Å². The fourth-order valence-corrected chi connectivity index (χ4v) is 2.48. The molecule has 1 amide bonds. The van der Waals surface area contributed by atoms with E-state index in [2.05, 4.69) is 5.16 Å². The summed E-state index contributed by atoms with van der Waals surface area (Å²) in [5.41, 5.74) is 1.15. The average Bonchev–Trinajstić information content (AvgIpc) is 2.87. The zero-order valence-electron chi connectivity index (χ0n) is 11.9. The molecule has 0 saturated carbocycles. The Labute approximate surface area is 117 Å². The Morgan fingerprint density at radius 3 is 2.75 bits per heavy atom. The van der Waals surface area contributed by atoms with Crippen LogP contribution in [0.5, 0.6) is 0 Å². The Morgan fingerprint density at radius 1 is 1.40 bits per heavy atom. The standard InChI is InChI=1S/C14H20N2O4/c1-3-9(2)16(8-12(17)18)14(19)13-10-6-4-5-7-11(10)20-15-13/h9H,3-8H2,1-2H3,(H,17,18)/t9-/m1/s1. The van der Waals surface area contributed by atoms with Gasteiger partial charge in [0.05, 0.1) is 0 Å². The van der Waals surface area contributed by atoms with Crippen molar-refractivity contribution in [2.75, 3.05) is 6.54 Å². The summed E-state index contributed by atoms with van der Waals surface area (Å²) >= 11 is 0. The van der Waals surface area contributed by atoms with Crippen molar-refractivity contribution < 1.29 is 19.2 Å². The van der Waals surface area contributed by atoms with E-state index in [4.69, 9.17) is 9.63 Å². The molecule has 6 nitrogen and oxygen atoms in total. The highest BCUT2D eigenvalue weighted by Gasteiger charge is 2.30. The highest BCUT2D eigenvalue weighted by molar-refractivity contribution is 5.95. The van der Waals surface area contributed by atoms with Gasteiger partial charge in [0.25, 0.3) is 5.91 Å². The molecular formula is C14H20N2O4. The Hall–Kier alpha value is -1.85. The summed E-state index contributed by atoms with van der Waals surface area (Å²) in [6, 6.07) is -0.144. The van der Waals surface area contributed by atoms with Gasteiger partial charge in [-0.3, -0.25) is 9.59 Å². The van der Waals surface area contributed by atoms with E-state index < -0.39 is 5.97 Å². The summed E-state index contributed by atoms with van der Waals surface area (Å²) in [7, 11) is 0. The number of carbonyl (C=O) groups is 2. The molecule has 0 bridgehead atoms. The third kappa shape index (κ3) is 2.84. The van der Waals surface area contributed by atoms with Crippen LogP contribution >= 0.6 is 0 Å². The molecule has 0 fully saturated rings. The minimum absolute atomic E-state index is 0.144. The van der Waals surface area contributed by atoms with E-state index in [0.29, 0.717) is 12.1 Å². The van der Waals surface area contributed by atoms with Gasteiger partial charge in [0.15, 0.2) is 5.69 Å². The second kappa shape index (κ2) is 6.07. The topological polar surface area (TPSA) is 83.6 Å². The van der Waals surface area contributed by atoms with Crippen molar-refractivity contribution in [3.05, 3.63) is 17.0 Å². The molecule has 1 aromatic heterocycles. The van der Waals surface area contributed by atoms with Gasteiger partial charge in [0, 0.05) is 18.0 Å². The SMILES string of the molecule is CC[C@@H](C)N(CC(=O)O)C(=O)c1noc2c1CCCC2. The van der Waals surface area contributed by atoms with Crippen molar-refractivity contribution in [1.29, 1.82) is 0 Å². The molecule has 110 valence electrons. The summed E-state index contributed by atoms with van der Waals surface area (Å²) in [5.74, 6) is -0.580. The maximum atomic E-state index is 12.6. The predicted molar refractivity (Wildman–Crippen MR) is 71.6 cm³/mol. The number of nitrogens with zero attached hydrogens (tertiary/aromatic N) is 2. The van der Waals surface area contributed by atoms with E-state index in [-0.39, 0.29) is 18.5 Å². The maximum Gasteiger partial charge on any atom is 0.323 e. The quantitative estimate of drug-likeness (QED) is 0.890. The minimum Gasteiger partial charge on any atom is -0.480 e. The van der Waals surface area contributed by atoms with Gasteiger partial charge in [0.1, 0.15) is 12.3 Å². The van der Waals surface area contributed by atoms with Crippen LogP contribution < -0.4 is 0 Å². The van der Waals surface area contributed by atoms with Gasteiger partial charge in [-0.25, -0.2) is 0 Å². The molecule has 20 heavy (non-hydrogen) atoms. The largest absolute Gasteiger partial charge is 0.480 e. The normalized spacial score (nSPS) is 15.5. The first-order valence-electron chi connectivity index (χ1n) is 7.04. The molecule has 1 aliphatic carbocycles. The first-order valence-corrected chi connectivity index (χ1v) is 7.04. The molecule has 1 N–H and O–H groups in total. The second-order valence-electron chi connectivity index (χ2n) is 5.22. The van der Waals surface area contributed by atoms with E-state index in [0.717, 1.165) is 37.0 Å². The smallest absolute Gasteiger partial charge is 0.323 e. The van der Waals surface area contributed by atoms with E-state index in [9.17, 15) is 9.59 Å². The van der Waals surface area contributed by atoms with Crippen molar-refractivity contribution in [2.45, 2.75) is 52.0 Å². The van der Waals surface area contributed by atoms with Crippen LogP contribution in [0, 0.1) is 0 Å². The van der Waals surface area contributed by atoms with Crippen molar-refractivity contribution in [3.63, 3.8) is 0 Å². The maximum absolute atomic E-state index is 12.6. The highest BCUT2D eigenvalue weighted by Crippen LogP contribution is 2.25. The molecular weight excluding hydrogens is 260 g/mol. The van der Waals surface area contributed by atoms with Crippen LogP contribution in [0.1, 0.15) is 54.9 Å². The second-order valence-corrected chi connectivity index (χ2v) is 5.22. The third-order valence-electron chi connectivity index (χ3n) is 3.84. The molecule has 1 atom stereocenters. The fraction of sp³-hybridized carbons (Fsp3) is 0.643. The summed E-state index contributed by atoms with van der Waals surface area (Å²) in [6.45, 7) is 3.45. The van der Waals surface area contributed by atoms with Crippen molar-refractivity contribution in [3.8, 4) is 0 Å². The lowest BCUT2D eigenvalue weighted by Gasteiger charge is -2.26. The molecule has 0 spiro atoms. The molecule has 0 saturated heterocycles. The summed E-state index contributed by atoms with van der Waals surface area (Å²) in [5, 5.41) is 12.9. The lowest BCUT2D eigenvalue weighted by atomic mass is 9.96. The van der Waals surface area contributed by atoms with Crippen LogP contribution in [-0.2, 0) is 17.6 Å². The van der Waals surface area contributed by atoms with Crippen molar-refractivity contribution in [1.82, 2.24) is 10.1 Å². The van der Waals surface area contributed by atoms with E-state index >= 15 is 0 Å². The number of aliphatic carboxylic acids is 1. The van der Waals surface area contributed by atoms with E-state index in [1.807, 2.05) is 13.8 Å². The number of hydrogen-bond donors (Lipinski definition) is 1. The molecule has 1 heterocycles. The number of rotatable bonds is 5. The molecule has 1 aliphatic rings. The van der Waals surface area contributed by atoms with Gasteiger partial charge in [-0.1, -0.05) is 12.1 Å². The van der Waals surface area contributed by atoms with Crippen molar-refractivity contribution in [2.24, 2.45) is 0 Å². The summed E-state index contributed by atoms with van der Waals surface area (Å²) in [4.78, 5) is 24.9. The highest BCUT2D eigenvalue weighted by atomic mass is 16.5. The number of aromatic nitrogens is 1. The minimum atomic E-state index is -1.02. The summed E-state index contributed by atoms with van der Waals surface area (Å²) in [6.07, 6.45) is 4.33. The van der Waals surface area contributed by atoms with E-state index in [1.54, 1.807) is 0 Å². The van der Waals surface area contributed by atoms with Gasteiger partial charge in [-0.2, -0.15) is 0 Å². The number of amides is 1.